The molecule has 0 bridgehead atoms. The fourth-order valence-corrected chi connectivity index (χ4v) is 2.38. The second-order valence-electron chi connectivity index (χ2n) is 4.69. The summed E-state index contributed by atoms with van der Waals surface area (Å²) < 4.78 is 0. The molecule has 1 N–H and O–H groups in total. The molecule has 1 amide bonds. The summed E-state index contributed by atoms with van der Waals surface area (Å²) >= 11 is 0. The number of hydrogen-bond donors (Lipinski definition) is 1. The maximum absolute atomic E-state index is 12.5. The zero-order valence-electron chi connectivity index (χ0n) is 11.1. The molecule has 19 heavy (non-hydrogen) atoms. The van der Waals surface area contributed by atoms with E-state index in [0.717, 1.165) is 6.42 Å². The van der Waals surface area contributed by atoms with Gasteiger partial charge in [0, 0.05) is 6.54 Å². The first-order valence-corrected chi connectivity index (χ1v) is 6.41. The summed E-state index contributed by atoms with van der Waals surface area (Å²) in [6, 6.07) is 0.969. The molecule has 1 atom stereocenters. The minimum Gasteiger partial charge on any atom is -0.480 e. The minimum absolute atomic E-state index is 0.250. The number of carboxylic acids is 1. The Balaban J connectivity index is 2.33. The fraction of sp³-hybridized carbons (Fsp3) is 0.538. The normalized spacial score (nSPS) is 18.6. The predicted octanol–water partition coefficient (Wildman–Crippen LogP) is 1.04. The van der Waals surface area contributed by atoms with Crippen LogP contribution in [0.4, 0.5) is 0 Å². The van der Waals surface area contributed by atoms with Gasteiger partial charge < -0.3 is 10.0 Å². The molecule has 1 aromatic heterocycles. The van der Waals surface area contributed by atoms with Crippen LogP contribution in [0, 0.1) is 6.92 Å². The number of carboxylic acid groups (broad SMARTS) is 1. The first-order valence-electron chi connectivity index (χ1n) is 6.41. The van der Waals surface area contributed by atoms with Crippen molar-refractivity contribution in [2.24, 2.45) is 0 Å². The van der Waals surface area contributed by atoms with Crippen molar-refractivity contribution in [3.8, 4) is 0 Å². The van der Waals surface area contributed by atoms with E-state index in [0.29, 0.717) is 36.3 Å². The number of nitrogens with zero attached hydrogens (tertiary/aromatic N) is 3. The summed E-state index contributed by atoms with van der Waals surface area (Å²) in [5.41, 5.74) is 1.75. The highest BCUT2D eigenvalue weighted by Crippen LogP contribution is 2.21. The van der Waals surface area contributed by atoms with Crippen molar-refractivity contribution >= 4 is 11.9 Å². The van der Waals surface area contributed by atoms with Crippen LogP contribution in [0.2, 0.25) is 0 Å². The van der Waals surface area contributed by atoms with E-state index in [-0.39, 0.29) is 5.91 Å². The van der Waals surface area contributed by atoms with Crippen molar-refractivity contribution in [2.75, 3.05) is 6.54 Å². The lowest BCUT2D eigenvalue weighted by molar-refractivity contribution is -0.141. The smallest absolute Gasteiger partial charge is 0.326 e. The topological polar surface area (TPSA) is 83.4 Å². The van der Waals surface area contributed by atoms with Crippen LogP contribution in [-0.4, -0.2) is 44.7 Å². The van der Waals surface area contributed by atoms with Gasteiger partial charge in [0.15, 0.2) is 0 Å². The van der Waals surface area contributed by atoms with E-state index >= 15 is 0 Å². The van der Waals surface area contributed by atoms with Crippen molar-refractivity contribution in [3.05, 3.63) is 23.0 Å². The van der Waals surface area contributed by atoms with Crippen molar-refractivity contribution in [1.29, 1.82) is 0 Å². The van der Waals surface area contributed by atoms with E-state index in [2.05, 4.69) is 10.2 Å². The molecule has 6 nitrogen and oxygen atoms in total. The Morgan fingerprint density at radius 3 is 2.84 bits per heavy atom. The molecule has 0 aliphatic carbocycles. The van der Waals surface area contributed by atoms with E-state index in [4.69, 9.17) is 5.11 Å². The number of aryl methyl sites for hydroxylation is 2. The van der Waals surface area contributed by atoms with E-state index < -0.39 is 12.0 Å². The van der Waals surface area contributed by atoms with Gasteiger partial charge in [-0.25, -0.2) is 4.79 Å². The lowest BCUT2D eigenvalue weighted by atomic mass is 10.1. The number of carbonyl (C=O) groups is 2. The largest absolute Gasteiger partial charge is 0.480 e. The molecule has 0 radical (unpaired) electrons. The molecule has 1 unspecified atom stereocenters. The number of aromatic nitrogens is 2. The molecule has 102 valence electrons. The Bertz CT molecular complexity index is 516. The second kappa shape index (κ2) is 5.34. The zero-order chi connectivity index (χ0) is 14.0. The highest BCUT2D eigenvalue weighted by molar-refractivity contribution is 5.97. The molecule has 0 spiro atoms. The molecule has 2 heterocycles. The van der Waals surface area contributed by atoms with Gasteiger partial charge in [0.1, 0.15) is 6.04 Å². The molecular weight excluding hydrogens is 246 g/mol. The highest BCUT2D eigenvalue weighted by Gasteiger charge is 2.35. The molecule has 1 fully saturated rings. The van der Waals surface area contributed by atoms with Gasteiger partial charge in [-0.2, -0.15) is 10.2 Å². The van der Waals surface area contributed by atoms with Gasteiger partial charge >= 0.3 is 5.97 Å². The van der Waals surface area contributed by atoms with Gasteiger partial charge in [-0.1, -0.05) is 6.92 Å². The van der Waals surface area contributed by atoms with E-state index in [1.165, 1.54) is 4.90 Å². The third kappa shape index (κ3) is 2.57. The maximum atomic E-state index is 12.5. The maximum Gasteiger partial charge on any atom is 0.326 e. The predicted molar refractivity (Wildman–Crippen MR) is 67.8 cm³/mol. The molecule has 6 heteroatoms. The van der Waals surface area contributed by atoms with E-state index in [1.54, 1.807) is 13.0 Å². The Morgan fingerprint density at radius 2 is 2.21 bits per heavy atom. The Hall–Kier alpha value is -1.98. The number of rotatable bonds is 3. The third-order valence-corrected chi connectivity index (χ3v) is 3.36. The van der Waals surface area contributed by atoms with Crippen molar-refractivity contribution in [1.82, 2.24) is 15.1 Å². The minimum atomic E-state index is -0.942. The fourth-order valence-electron chi connectivity index (χ4n) is 2.38. The Morgan fingerprint density at radius 1 is 1.47 bits per heavy atom. The van der Waals surface area contributed by atoms with Gasteiger partial charge in [0.2, 0.25) is 0 Å². The van der Waals surface area contributed by atoms with Crippen molar-refractivity contribution in [3.63, 3.8) is 0 Å². The monoisotopic (exact) mass is 263 g/mol. The van der Waals surface area contributed by atoms with E-state index in [1.807, 2.05) is 6.92 Å². The molecule has 1 aromatic rings. The van der Waals surface area contributed by atoms with Crippen LogP contribution in [0.1, 0.15) is 41.5 Å². The third-order valence-electron chi connectivity index (χ3n) is 3.36. The van der Waals surface area contributed by atoms with Gasteiger partial charge in [-0.05, 0) is 32.3 Å². The Labute approximate surface area is 111 Å². The van der Waals surface area contributed by atoms with E-state index in [9.17, 15) is 9.59 Å². The number of amides is 1. The standard InChI is InChI=1S/C13H17N3O3/c1-3-10-9(7-8(2)14-15-10)12(17)16-6-4-5-11(16)13(18)19/h7,11H,3-6H2,1-2H3,(H,18,19). The number of carbonyl (C=O) groups excluding carboxylic acids is 1. The summed E-state index contributed by atoms with van der Waals surface area (Å²) in [5.74, 6) is -1.19. The average molecular weight is 263 g/mol. The van der Waals surface area contributed by atoms with Gasteiger partial charge in [-0.3, -0.25) is 4.79 Å². The first-order chi connectivity index (χ1) is 9.04. The van der Waals surface area contributed by atoms with Crippen LogP contribution in [0.3, 0.4) is 0 Å². The molecule has 1 saturated heterocycles. The van der Waals surface area contributed by atoms with Gasteiger partial charge in [0.05, 0.1) is 17.0 Å². The zero-order valence-corrected chi connectivity index (χ0v) is 11.1. The second-order valence-corrected chi connectivity index (χ2v) is 4.69. The SMILES string of the molecule is CCc1nnc(C)cc1C(=O)N1CCCC1C(=O)O. The van der Waals surface area contributed by atoms with Crippen molar-refractivity contribution < 1.29 is 14.7 Å². The average Bonchev–Trinajstić information content (AvgIpc) is 2.87. The van der Waals surface area contributed by atoms with Crippen LogP contribution >= 0.6 is 0 Å². The van der Waals surface area contributed by atoms with Crippen LogP contribution in [-0.2, 0) is 11.2 Å². The lowest BCUT2D eigenvalue weighted by Crippen LogP contribution is -2.40. The molecule has 2 rings (SSSR count). The molecule has 0 aromatic carbocycles. The number of aliphatic carboxylic acids is 1. The van der Waals surface area contributed by atoms with Crippen molar-refractivity contribution in [2.45, 2.75) is 39.2 Å². The summed E-state index contributed by atoms with van der Waals surface area (Å²) in [7, 11) is 0. The summed E-state index contributed by atoms with van der Waals surface area (Å²) in [6.45, 7) is 4.15. The molecular formula is C13H17N3O3. The lowest BCUT2D eigenvalue weighted by Gasteiger charge is -2.22. The summed E-state index contributed by atoms with van der Waals surface area (Å²) in [4.78, 5) is 25.1. The molecule has 0 saturated carbocycles. The number of likely N-dealkylation sites (tertiary alicyclic amines) is 1. The summed E-state index contributed by atoms with van der Waals surface area (Å²) in [5, 5.41) is 17.1. The van der Waals surface area contributed by atoms with Gasteiger partial charge in [0.25, 0.3) is 5.91 Å². The highest BCUT2D eigenvalue weighted by atomic mass is 16.4. The van der Waals surface area contributed by atoms with Gasteiger partial charge in [-0.15, -0.1) is 0 Å². The van der Waals surface area contributed by atoms with Crippen LogP contribution in [0.15, 0.2) is 6.07 Å². The van der Waals surface area contributed by atoms with Crippen LogP contribution in [0.5, 0.6) is 0 Å². The molecule has 1 aliphatic heterocycles. The quantitative estimate of drug-likeness (QED) is 0.880. The Kier molecular flexibility index (Phi) is 3.78. The van der Waals surface area contributed by atoms with Crippen LogP contribution in [0.25, 0.3) is 0 Å². The van der Waals surface area contributed by atoms with Crippen LogP contribution < -0.4 is 0 Å². The molecule has 1 aliphatic rings. The first kappa shape index (κ1) is 13.5. The number of hydrogen-bond acceptors (Lipinski definition) is 4. The summed E-state index contributed by atoms with van der Waals surface area (Å²) in [6.07, 6.45) is 1.83.